The van der Waals surface area contributed by atoms with E-state index in [1.165, 1.54) is 0 Å². The van der Waals surface area contributed by atoms with Gasteiger partial charge in [-0.15, -0.1) is 23.2 Å². The molecule has 1 heterocycles. The summed E-state index contributed by atoms with van der Waals surface area (Å²) in [5.41, 5.74) is 0. The zero-order chi connectivity index (χ0) is 10.6. The first-order valence-electron chi connectivity index (χ1n) is 5.32. The molecule has 0 radical (unpaired) electrons. The molecule has 0 saturated carbocycles. The van der Waals surface area contributed by atoms with E-state index in [1.807, 2.05) is 0 Å². The number of piperidine rings is 1. The van der Waals surface area contributed by atoms with Gasteiger partial charge in [0, 0.05) is 0 Å². The largest absolute Gasteiger partial charge is 0.390 e. The highest BCUT2D eigenvalue weighted by molar-refractivity contribution is 6.44. The predicted octanol–water partition coefficient (Wildman–Crippen LogP) is 2.18. The molecule has 1 fully saturated rings. The van der Waals surface area contributed by atoms with Crippen LogP contribution in [0.5, 0.6) is 0 Å². The van der Waals surface area contributed by atoms with Gasteiger partial charge in [0.05, 0.1) is 6.10 Å². The van der Waals surface area contributed by atoms with Crippen molar-refractivity contribution in [2.45, 2.75) is 37.1 Å². The molecule has 0 aliphatic carbocycles. The predicted molar refractivity (Wildman–Crippen MR) is 60.9 cm³/mol. The van der Waals surface area contributed by atoms with Crippen LogP contribution in [-0.2, 0) is 0 Å². The van der Waals surface area contributed by atoms with Crippen LogP contribution in [0.4, 0.5) is 0 Å². The summed E-state index contributed by atoms with van der Waals surface area (Å²) in [6, 6.07) is 0. The molecule has 2 N–H and O–H groups in total. The molecule has 1 saturated heterocycles. The van der Waals surface area contributed by atoms with Crippen LogP contribution in [-0.4, -0.2) is 29.1 Å². The van der Waals surface area contributed by atoms with E-state index in [0.29, 0.717) is 11.8 Å². The fourth-order valence-electron chi connectivity index (χ4n) is 2.18. The molecular weight excluding hydrogens is 221 g/mol. The van der Waals surface area contributed by atoms with Gasteiger partial charge in [-0.05, 0) is 37.8 Å². The summed E-state index contributed by atoms with van der Waals surface area (Å²) in [6.07, 6.45) is 2.43. The lowest BCUT2D eigenvalue weighted by Crippen LogP contribution is -2.38. The first-order valence-corrected chi connectivity index (χ1v) is 6.19. The molecule has 4 heteroatoms. The fraction of sp³-hybridized carbons (Fsp3) is 1.00. The Morgan fingerprint density at radius 3 is 2.71 bits per heavy atom. The van der Waals surface area contributed by atoms with Gasteiger partial charge in [0.15, 0.2) is 0 Å². The van der Waals surface area contributed by atoms with Gasteiger partial charge < -0.3 is 10.4 Å². The molecule has 2 nitrogen and oxygen atoms in total. The van der Waals surface area contributed by atoms with Gasteiger partial charge >= 0.3 is 0 Å². The summed E-state index contributed by atoms with van der Waals surface area (Å²) in [5.74, 6) is 1.22. The molecule has 1 aliphatic rings. The lowest BCUT2D eigenvalue weighted by molar-refractivity contribution is 0.118. The maximum Gasteiger partial charge on any atom is 0.133 e. The van der Waals surface area contributed by atoms with Crippen molar-refractivity contribution < 1.29 is 5.11 Å². The smallest absolute Gasteiger partial charge is 0.133 e. The monoisotopic (exact) mass is 239 g/mol. The molecule has 14 heavy (non-hydrogen) atoms. The number of halogens is 2. The quantitative estimate of drug-likeness (QED) is 0.738. The van der Waals surface area contributed by atoms with Gasteiger partial charge in [-0.2, -0.15) is 0 Å². The zero-order valence-corrected chi connectivity index (χ0v) is 10.1. The Balaban J connectivity index is 2.40. The molecule has 0 amide bonds. The standard InChI is InChI=1S/C10H19Cl2NO/c1-2-7-6-13-4-3-8(7)5-9(14)10(11)12/h7-10,13-14H,2-6H2,1H3/t7-,8-,9?/m0/s1. The molecule has 0 aromatic heterocycles. The molecule has 1 aliphatic heterocycles. The van der Waals surface area contributed by atoms with E-state index in [0.717, 1.165) is 32.4 Å². The zero-order valence-electron chi connectivity index (χ0n) is 8.55. The normalized spacial score (nSPS) is 30.6. The summed E-state index contributed by atoms with van der Waals surface area (Å²) in [6.45, 7) is 4.29. The lowest BCUT2D eigenvalue weighted by atomic mass is 9.81. The highest BCUT2D eigenvalue weighted by Crippen LogP contribution is 2.28. The number of aliphatic hydroxyl groups excluding tert-OH is 1. The minimum Gasteiger partial charge on any atom is -0.390 e. The van der Waals surface area contributed by atoms with E-state index >= 15 is 0 Å². The molecule has 84 valence electrons. The molecule has 3 atom stereocenters. The second-order valence-electron chi connectivity index (χ2n) is 4.06. The van der Waals surface area contributed by atoms with Gasteiger partial charge in [0.1, 0.15) is 4.84 Å². The molecule has 1 rings (SSSR count). The van der Waals surface area contributed by atoms with Gasteiger partial charge in [-0.1, -0.05) is 13.3 Å². The Bertz CT molecular complexity index is 166. The third-order valence-corrected chi connectivity index (χ3v) is 3.71. The van der Waals surface area contributed by atoms with Crippen LogP contribution in [0, 0.1) is 11.8 Å². The van der Waals surface area contributed by atoms with Crippen molar-refractivity contribution in [3.63, 3.8) is 0 Å². The third-order valence-electron chi connectivity index (χ3n) is 3.12. The van der Waals surface area contributed by atoms with Gasteiger partial charge in [0.25, 0.3) is 0 Å². The number of aliphatic hydroxyl groups is 1. The van der Waals surface area contributed by atoms with Crippen molar-refractivity contribution in [2.75, 3.05) is 13.1 Å². The summed E-state index contributed by atoms with van der Waals surface area (Å²) < 4.78 is 0. The van der Waals surface area contributed by atoms with Crippen LogP contribution in [0.15, 0.2) is 0 Å². The number of rotatable bonds is 4. The van der Waals surface area contributed by atoms with E-state index in [9.17, 15) is 5.11 Å². The summed E-state index contributed by atoms with van der Waals surface area (Å²) >= 11 is 11.3. The molecule has 1 unspecified atom stereocenters. The van der Waals surface area contributed by atoms with Gasteiger partial charge in [-0.3, -0.25) is 0 Å². The number of nitrogens with one attached hydrogen (secondary N) is 1. The maximum atomic E-state index is 9.61. The van der Waals surface area contributed by atoms with Crippen molar-refractivity contribution in [1.82, 2.24) is 5.32 Å². The average Bonchev–Trinajstić information content (AvgIpc) is 2.18. The van der Waals surface area contributed by atoms with E-state index < -0.39 is 10.9 Å². The summed E-state index contributed by atoms with van der Waals surface area (Å²) in [4.78, 5) is -0.651. The van der Waals surface area contributed by atoms with Crippen LogP contribution in [0.2, 0.25) is 0 Å². The van der Waals surface area contributed by atoms with Gasteiger partial charge in [0.2, 0.25) is 0 Å². The van der Waals surface area contributed by atoms with Gasteiger partial charge in [-0.25, -0.2) is 0 Å². The Labute approximate surface area is 96.0 Å². The van der Waals surface area contributed by atoms with E-state index in [-0.39, 0.29) is 0 Å². The number of hydrogen-bond acceptors (Lipinski definition) is 2. The molecule has 0 bridgehead atoms. The lowest BCUT2D eigenvalue weighted by Gasteiger charge is -2.33. The van der Waals surface area contributed by atoms with E-state index in [4.69, 9.17) is 23.2 Å². The second kappa shape index (κ2) is 6.16. The van der Waals surface area contributed by atoms with Crippen LogP contribution in [0.25, 0.3) is 0 Å². The minimum absolute atomic E-state index is 0.566. The molecule has 0 aromatic rings. The summed E-state index contributed by atoms with van der Waals surface area (Å²) in [7, 11) is 0. The highest BCUT2D eigenvalue weighted by atomic mass is 35.5. The number of alkyl halides is 2. The summed E-state index contributed by atoms with van der Waals surface area (Å²) in [5, 5.41) is 13.0. The topological polar surface area (TPSA) is 32.3 Å². The number of hydrogen-bond donors (Lipinski definition) is 2. The molecular formula is C10H19Cl2NO. The van der Waals surface area contributed by atoms with Crippen LogP contribution in [0.1, 0.15) is 26.2 Å². The van der Waals surface area contributed by atoms with Crippen molar-refractivity contribution in [3.05, 3.63) is 0 Å². The fourth-order valence-corrected chi connectivity index (χ4v) is 2.38. The first-order chi connectivity index (χ1) is 6.65. The second-order valence-corrected chi connectivity index (χ2v) is 5.22. The molecule has 0 spiro atoms. The Kier molecular flexibility index (Phi) is 5.53. The Morgan fingerprint density at radius 2 is 2.14 bits per heavy atom. The first kappa shape index (κ1) is 12.6. The van der Waals surface area contributed by atoms with E-state index in [2.05, 4.69) is 12.2 Å². The maximum absolute atomic E-state index is 9.61. The Hall–Kier alpha value is 0.500. The van der Waals surface area contributed by atoms with Crippen molar-refractivity contribution in [3.8, 4) is 0 Å². The van der Waals surface area contributed by atoms with Crippen molar-refractivity contribution in [1.29, 1.82) is 0 Å². The molecule has 0 aromatic carbocycles. The third kappa shape index (κ3) is 3.58. The highest BCUT2D eigenvalue weighted by Gasteiger charge is 2.27. The van der Waals surface area contributed by atoms with Crippen molar-refractivity contribution in [2.24, 2.45) is 11.8 Å². The van der Waals surface area contributed by atoms with Crippen LogP contribution >= 0.6 is 23.2 Å². The SMILES string of the molecule is CC[C@H]1CNCC[C@H]1CC(O)C(Cl)Cl. The van der Waals surface area contributed by atoms with Crippen LogP contribution in [0.3, 0.4) is 0 Å². The van der Waals surface area contributed by atoms with Crippen LogP contribution < -0.4 is 5.32 Å². The average molecular weight is 240 g/mol. The Morgan fingerprint density at radius 1 is 1.43 bits per heavy atom. The van der Waals surface area contributed by atoms with Crippen molar-refractivity contribution >= 4 is 23.2 Å². The minimum atomic E-state index is -0.651. The van der Waals surface area contributed by atoms with E-state index in [1.54, 1.807) is 0 Å².